The molecule has 0 spiro atoms. The van der Waals surface area contributed by atoms with Crippen molar-refractivity contribution in [1.82, 2.24) is 0 Å². The second kappa shape index (κ2) is 5.06. The van der Waals surface area contributed by atoms with Crippen LogP contribution in [0.5, 0.6) is 5.75 Å². The minimum atomic E-state index is -0.111. The lowest BCUT2D eigenvalue weighted by Crippen LogP contribution is -2.24. The molecule has 0 saturated carbocycles. The smallest absolute Gasteiger partial charge is 0.123 e. The molecule has 1 aliphatic heterocycles. The predicted molar refractivity (Wildman–Crippen MR) is 88.5 cm³/mol. The Balaban J connectivity index is 1.95. The predicted octanol–water partition coefficient (Wildman–Crippen LogP) is 5.35. The van der Waals surface area contributed by atoms with E-state index in [2.05, 4.69) is 64.1 Å². The highest BCUT2D eigenvalue weighted by atomic mass is 35.5. The van der Waals surface area contributed by atoms with Crippen LogP contribution in [0.25, 0.3) is 0 Å². The van der Waals surface area contributed by atoms with Gasteiger partial charge in [0, 0.05) is 6.42 Å². The first-order valence-corrected chi connectivity index (χ1v) is 7.82. The molecule has 0 aromatic heterocycles. The lowest BCUT2D eigenvalue weighted by Gasteiger charge is -2.16. The molecule has 0 bridgehead atoms. The summed E-state index contributed by atoms with van der Waals surface area (Å²) in [5.74, 6) is 0.994. The van der Waals surface area contributed by atoms with Crippen LogP contribution < -0.4 is 4.74 Å². The molecule has 3 rings (SSSR count). The summed E-state index contributed by atoms with van der Waals surface area (Å²) in [6, 6.07) is 12.8. The van der Waals surface area contributed by atoms with Crippen molar-refractivity contribution < 1.29 is 4.74 Å². The standard InChI is InChI=1S/C19H21ClO/c1-12-5-7-16(13(2)9-12)18(20)14-6-8-17-15(10-14)11-19(3,4)21-17/h5-10,18H,11H2,1-4H3. The van der Waals surface area contributed by atoms with Crippen molar-refractivity contribution in [3.05, 3.63) is 64.2 Å². The first kappa shape index (κ1) is 14.5. The summed E-state index contributed by atoms with van der Waals surface area (Å²) >= 11 is 6.72. The van der Waals surface area contributed by atoms with Gasteiger partial charge < -0.3 is 4.74 Å². The minimum absolute atomic E-state index is 0.109. The lowest BCUT2D eigenvalue weighted by molar-refractivity contribution is 0.138. The normalized spacial score (nSPS) is 17.2. The molecule has 2 aromatic carbocycles. The van der Waals surface area contributed by atoms with Crippen molar-refractivity contribution in [1.29, 1.82) is 0 Å². The second-order valence-electron chi connectivity index (χ2n) is 6.63. The average Bonchev–Trinajstić information content (AvgIpc) is 2.70. The van der Waals surface area contributed by atoms with Crippen molar-refractivity contribution in [2.24, 2.45) is 0 Å². The van der Waals surface area contributed by atoms with Crippen LogP contribution in [0, 0.1) is 13.8 Å². The highest BCUT2D eigenvalue weighted by Gasteiger charge is 2.30. The second-order valence-corrected chi connectivity index (χ2v) is 7.06. The topological polar surface area (TPSA) is 9.23 Å². The molecular formula is C19H21ClO. The number of ether oxygens (including phenoxy) is 1. The van der Waals surface area contributed by atoms with Crippen molar-refractivity contribution in [2.45, 2.75) is 45.1 Å². The number of aryl methyl sites for hydroxylation is 2. The largest absolute Gasteiger partial charge is 0.487 e. The Morgan fingerprint density at radius 1 is 1.10 bits per heavy atom. The van der Waals surface area contributed by atoms with Crippen molar-refractivity contribution >= 4 is 11.6 Å². The molecule has 1 atom stereocenters. The molecule has 110 valence electrons. The fourth-order valence-electron chi connectivity index (χ4n) is 3.08. The summed E-state index contributed by atoms with van der Waals surface area (Å²) in [5.41, 5.74) is 5.98. The van der Waals surface area contributed by atoms with Gasteiger partial charge in [0.15, 0.2) is 0 Å². The average molecular weight is 301 g/mol. The van der Waals surface area contributed by atoms with E-state index < -0.39 is 0 Å². The van der Waals surface area contributed by atoms with Crippen molar-refractivity contribution in [3.63, 3.8) is 0 Å². The maximum absolute atomic E-state index is 6.72. The Morgan fingerprint density at radius 3 is 2.57 bits per heavy atom. The SMILES string of the molecule is Cc1ccc(C(Cl)c2ccc3c(c2)CC(C)(C)O3)c(C)c1. The Morgan fingerprint density at radius 2 is 1.86 bits per heavy atom. The van der Waals surface area contributed by atoms with E-state index in [1.54, 1.807) is 0 Å². The molecule has 21 heavy (non-hydrogen) atoms. The Labute approximate surface area is 131 Å². The van der Waals surface area contributed by atoms with E-state index in [0.29, 0.717) is 0 Å². The molecule has 0 radical (unpaired) electrons. The number of halogens is 1. The fraction of sp³-hybridized carbons (Fsp3) is 0.368. The van der Waals surface area contributed by atoms with Crippen LogP contribution in [0.15, 0.2) is 36.4 Å². The third-order valence-electron chi connectivity index (χ3n) is 4.08. The Hall–Kier alpha value is -1.47. The van der Waals surface area contributed by atoms with Gasteiger partial charge in [0.1, 0.15) is 11.4 Å². The third-order valence-corrected chi connectivity index (χ3v) is 4.57. The maximum atomic E-state index is 6.72. The van der Waals surface area contributed by atoms with Gasteiger partial charge in [-0.25, -0.2) is 0 Å². The summed E-state index contributed by atoms with van der Waals surface area (Å²) in [6.07, 6.45) is 0.937. The van der Waals surface area contributed by atoms with Crippen LogP contribution in [-0.4, -0.2) is 5.60 Å². The summed E-state index contributed by atoms with van der Waals surface area (Å²) < 4.78 is 5.93. The molecular weight excluding hydrogens is 280 g/mol. The van der Waals surface area contributed by atoms with Crippen LogP contribution >= 0.6 is 11.6 Å². The highest BCUT2D eigenvalue weighted by molar-refractivity contribution is 6.22. The van der Waals surface area contributed by atoms with E-state index in [9.17, 15) is 0 Å². The Kier molecular flexibility index (Phi) is 3.49. The molecule has 2 heteroatoms. The molecule has 0 saturated heterocycles. The van der Waals surface area contributed by atoms with Crippen LogP contribution in [-0.2, 0) is 6.42 Å². The molecule has 0 N–H and O–H groups in total. The van der Waals surface area contributed by atoms with E-state index in [0.717, 1.165) is 17.7 Å². The van der Waals surface area contributed by atoms with Gasteiger partial charge in [-0.3, -0.25) is 0 Å². The summed E-state index contributed by atoms with van der Waals surface area (Å²) in [6.45, 7) is 8.47. The summed E-state index contributed by atoms with van der Waals surface area (Å²) in [7, 11) is 0. The lowest BCUT2D eigenvalue weighted by atomic mass is 9.95. The van der Waals surface area contributed by atoms with Gasteiger partial charge in [0.05, 0.1) is 5.38 Å². The first-order chi connectivity index (χ1) is 9.85. The number of hydrogen-bond acceptors (Lipinski definition) is 1. The number of hydrogen-bond donors (Lipinski definition) is 0. The van der Waals surface area contributed by atoms with Crippen molar-refractivity contribution in [2.75, 3.05) is 0 Å². The summed E-state index contributed by atoms with van der Waals surface area (Å²) in [4.78, 5) is 0. The molecule has 1 heterocycles. The van der Waals surface area contributed by atoms with Crippen LogP contribution in [0.4, 0.5) is 0 Å². The molecule has 1 aliphatic rings. The number of benzene rings is 2. The zero-order valence-corrected chi connectivity index (χ0v) is 13.8. The highest BCUT2D eigenvalue weighted by Crippen LogP contribution is 2.39. The molecule has 0 amide bonds. The van der Waals surface area contributed by atoms with Crippen LogP contribution in [0.1, 0.15) is 47.0 Å². The van der Waals surface area contributed by atoms with Gasteiger partial charge in [-0.05, 0) is 56.0 Å². The maximum Gasteiger partial charge on any atom is 0.123 e. The van der Waals surface area contributed by atoms with Gasteiger partial charge in [-0.2, -0.15) is 0 Å². The minimum Gasteiger partial charge on any atom is -0.487 e. The molecule has 1 unspecified atom stereocenters. The van der Waals surface area contributed by atoms with Crippen LogP contribution in [0.2, 0.25) is 0 Å². The van der Waals surface area contributed by atoms with E-state index in [1.165, 1.54) is 22.3 Å². The third kappa shape index (κ3) is 2.80. The Bertz CT molecular complexity index is 688. The monoisotopic (exact) mass is 300 g/mol. The molecule has 1 nitrogen and oxygen atoms in total. The van der Waals surface area contributed by atoms with E-state index in [-0.39, 0.29) is 11.0 Å². The van der Waals surface area contributed by atoms with Crippen LogP contribution in [0.3, 0.4) is 0 Å². The molecule has 0 fully saturated rings. The van der Waals surface area contributed by atoms with E-state index in [4.69, 9.17) is 16.3 Å². The first-order valence-electron chi connectivity index (χ1n) is 7.39. The quantitative estimate of drug-likeness (QED) is 0.680. The zero-order chi connectivity index (χ0) is 15.2. The van der Waals surface area contributed by atoms with Gasteiger partial charge in [0.2, 0.25) is 0 Å². The van der Waals surface area contributed by atoms with E-state index in [1.807, 2.05) is 0 Å². The van der Waals surface area contributed by atoms with Gasteiger partial charge in [0.25, 0.3) is 0 Å². The molecule has 2 aromatic rings. The zero-order valence-electron chi connectivity index (χ0n) is 13.0. The van der Waals surface area contributed by atoms with E-state index >= 15 is 0 Å². The molecule has 0 aliphatic carbocycles. The summed E-state index contributed by atoms with van der Waals surface area (Å²) in [5, 5.41) is -0.111. The van der Waals surface area contributed by atoms with Crippen molar-refractivity contribution in [3.8, 4) is 5.75 Å². The van der Waals surface area contributed by atoms with Gasteiger partial charge in [-0.15, -0.1) is 11.6 Å². The number of rotatable bonds is 2. The fourth-order valence-corrected chi connectivity index (χ4v) is 3.46. The number of fused-ring (bicyclic) bond motifs is 1. The number of alkyl halides is 1. The van der Waals surface area contributed by atoms with Gasteiger partial charge in [-0.1, -0.05) is 35.9 Å². The van der Waals surface area contributed by atoms with Gasteiger partial charge >= 0.3 is 0 Å².